The van der Waals surface area contributed by atoms with Crippen LogP contribution in [-0.4, -0.2) is 41.1 Å². The van der Waals surface area contributed by atoms with Gasteiger partial charge in [-0.3, -0.25) is 4.79 Å². The summed E-state index contributed by atoms with van der Waals surface area (Å²) in [6.45, 7) is 6.08. The predicted molar refractivity (Wildman–Crippen MR) is 153 cm³/mol. The monoisotopic (exact) mass is 586 g/mol. The minimum atomic E-state index is -4.51. The summed E-state index contributed by atoms with van der Waals surface area (Å²) in [7, 11) is 1.33. The van der Waals surface area contributed by atoms with Crippen LogP contribution in [0.3, 0.4) is 0 Å². The number of carbonyl (C=O) groups is 2. The van der Waals surface area contributed by atoms with E-state index in [4.69, 9.17) is 4.74 Å². The number of methoxy groups -OCH3 is 1. The maximum atomic E-state index is 14.4. The fraction of sp³-hybridized carbons (Fsp3) is 0.576. The maximum Gasteiger partial charge on any atom is 0.416 e. The van der Waals surface area contributed by atoms with Gasteiger partial charge in [0.15, 0.2) is 0 Å². The van der Waals surface area contributed by atoms with Gasteiger partial charge in [0.2, 0.25) is 5.91 Å². The Labute approximate surface area is 245 Å². The number of hydrogen-bond donors (Lipinski definition) is 2. The van der Waals surface area contributed by atoms with Crippen molar-refractivity contribution in [3.05, 3.63) is 65.2 Å². The first-order chi connectivity index (χ1) is 19.8. The molecule has 1 spiro atoms. The van der Waals surface area contributed by atoms with E-state index in [2.05, 4.69) is 5.32 Å². The van der Waals surface area contributed by atoms with Crippen molar-refractivity contribution in [1.29, 1.82) is 0 Å². The normalized spacial score (nSPS) is 25.9. The maximum absolute atomic E-state index is 14.4. The van der Waals surface area contributed by atoms with Crippen LogP contribution in [0, 0.1) is 22.7 Å². The van der Waals surface area contributed by atoms with Crippen LogP contribution >= 0.6 is 0 Å². The van der Waals surface area contributed by atoms with Gasteiger partial charge in [0.05, 0.1) is 18.7 Å². The molecule has 0 radical (unpaired) electrons. The lowest BCUT2D eigenvalue weighted by Crippen LogP contribution is -2.49. The van der Waals surface area contributed by atoms with Crippen molar-refractivity contribution in [2.24, 2.45) is 22.7 Å². The predicted octanol–water partition coefficient (Wildman–Crippen LogP) is 6.84. The van der Waals surface area contributed by atoms with Crippen LogP contribution in [0.25, 0.3) is 0 Å². The zero-order valence-electron chi connectivity index (χ0n) is 24.7. The van der Waals surface area contributed by atoms with Crippen molar-refractivity contribution < 1.29 is 32.6 Å². The van der Waals surface area contributed by atoms with Crippen molar-refractivity contribution in [3.8, 4) is 5.75 Å². The fourth-order valence-electron chi connectivity index (χ4n) is 7.39. The molecule has 9 heteroatoms. The smallest absolute Gasteiger partial charge is 0.416 e. The molecule has 6 nitrogen and oxygen atoms in total. The third-order valence-corrected chi connectivity index (χ3v) is 9.81. The van der Waals surface area contributed by atoms with Crippen LogP contribution in [0.15, 0.2) is 48.5 Å². The molecule has 4 unspecified atom stereocenters. The van der Waals surface area contributed by atoms with Crippen LogP contribution < -0.4 is 10.1 Å². The number of hydrogen-bond acceptors (Lipinski definition) is 4. The van der Waals surface area contributed by atoms with Crippen LogP contribution in [0.5, 0.6) is 5.75 Å². The molecular formula is C33H41F3N2O4. The molecule has 3 fully saturated rings. The minimum Gasteiger partial charge on any atom is -0.496 e. The first-order valence-electron chi connectivity index (χ1n) is 14.8. The Kier molecular flexibility index (Phi) is 8.11. The van der Waals surface area contributed by atoms with Gasteiger partial charge < -0.3 is 20.1 Å². The molecule has 228 valence electrons. The third-order valence-electron chi connectivity index (χ3n) is 9.81. The number of nitrogens with zero attached hydrogens (tertiary/aromatic N) is 1. The molecule has 5 rings (SSSR count). The molecule has 4 atom stereocenters. The van der Waals surface area contributed by atoms with E-state index in [0.717, 1.165) is 43.4 Å². The molecular weight excluding hydrogens is 545 g/mol. The summed E-state index contributed by atoms with van der Waals surface area (Å²) in [6, 6.07) is 10.8. The molecule has 1 aliphatic heterocycles. The summed E-state index contributed by atoms with van der Waals surface area (Å²) in [5, 5.41) is 14.2. The van der Waals surface area contributed by atoms with E-state index in [1.165, 1.54) is 26.0 Å². The Bertz CT molecular complexity index is 1290. The molecule has 2 aliphatic carbocycles. The van der Waals surface area contributed by atoms with Crippen LogP contribution in [0.1, 0.15) is 82.0 Å². The molecule has 2 N–H and O–H groups in total. The number of likely N-dealkylation sites (tertiary alicyclic amines) is 1. The molecule has 0 aromatic heterocycles. The largest absolute Gasteiger partial charge is 0.496 e. The van der Waals surface area contributed by atoms with Crippen LogP contribution in [0.4, 0.5) is 13.2 Å². The number of carbonyl (C=O) groups excluding carboxylic acids is 1. The lowest BCUT2D eigenvalue weighted by atomic mass is 9.72. The number of ether oxygens (including phenoxy) is 1. The average Bonchev–Trinajstić information content (AvgIpc) is 3.59. The van der Waals surface area contributed by atoms with Crippen molar-refractivity contribution in [1.82, 2.24) is 10.2 Å². The second-order valence-corrected chi connectivity index (χ2v) is 13.5. The van der Waals surface area contributed by atoms with Gasteiger partial charge >= 0.3 is 12.1 Å². The molecule has 0 bridgehead atoms. The Balaban J connectivity index is 1.53. The summed E-state index contributed by atoms with van der Waals surface area (Å²) in [5.74, 6) is -1.77. The standard InChI is InChI=1S/C33H41F3N2O4/c1-31(2,3)25-26(37-19-22-10-11-23(33(34,35)36)18-24(22)42-4)27(20-8-6-5-7-9-20)38(28(25)30(40)41)29(39)21-12-14-32(15-13-21)16-17-32/h5-11,18,21,25-28,37H,12-17,19H2,1-4H3,(H,40,41). The SMILES string of the molecule is COc1cc(C(F)(F)F)ccc1CNC1C(c2ccccc2)N(C(=O)C2CCC3(CC2)CC3)C(C(=O)O)C1C(C)(C)C. The topological polar surface area (TPSA) is 78.9 Å². The van der Waals surface area contributed by atoms with Gasteiger partial charge in [-0.15, -0.1) is 0 Å². The highest BCUT2D eigenvalue weighted by Gasteiger charge is 2.59. The molecule has 1 saturated heterocycles. The summed E-state index contributed by atoms with van der Waals surface area (Å²) in [6.07, 6.45) is 1.47. The molecule has 2 aromatic rings. The lowest BCUT2D eigenvalue weighted by Gasteiger charge is -2.37. The van der Waals surface area contributed by atoms with Gasteiger partial charge in [-0.2, -0.15) is 13.2 Å². The van der Waals surface area contributed by atoms with E-state index < -0.39 is 47.2 Å². The van der Waals surface area contributed by atoms with Crippen LogP contribution in [-0.2, 0) is 22.3 Å². The minimum absolute atomic E-state index is 0.0952. The number of benzene rings is 2. The third kappa shape index (κ3) is 5.90. The summed E-state index contributed by atoms with van der Waals surface area (Å²) in [5.41, 5.74) is 0.421. The van der Waals surface area contributed by atoms with E-state index >= 15 is 0 Å². The highest BCUT2D eigenvalue weighted by molar-refractivity contribution is 5.87. The molecule has 2 saturated carbocycles. The number of alkyl halides is 3. The highest BCUT2D eigenvalue weighted by Crippen LogP contribution is 2.58. The fourth-order valence-corrected chi connectivity index (χ4v) is 7.39. The highest BCUT2D eigenvalue weighted by atomic mass is 19.4. The number of rotatable bonds is 7. The van der Waals surface area contributed by atoms with E-state index in [9.17, 15) is 27.9 Å². The van der Waals surface area contributed by atoms with Crippen LogP contribution in [0.2, 0.25) is 0 Å². The van der Waals surface area contributed by atoms with Crippen molar-refractivity contribution in [2.75, 3.05) is 7.11 Å². The summed E-state index contributed by atoms with van der Waals surface area (Å²) < 4.78 is 45.4. The second-order valence-electron chi connectivity index (χ2n) is 13.5. The van der Waals surface area contributed by atoms with E-state index in [-0.39, 0.29) is 24.1 Å². The van der Waals surface area contributed by atoms with Crippen molar-refractivity contribution >= 4 is 11.9 Å². The lowest BCUT2D eigenvalue weighted by molar-refractivity contribution is -0.154. The average molecular weight is 587 g/mol. The van der Waals surface area contributed by atoms with Gasteiger partial charge in [-0.05, 0) is 67.1 Å². The Morgan fingerprint density at radius 1 is 1.02 bits per heavy atom. The number of carboxylic acids is 1. The number of carboxylic acid groups (broad SMARTS) is 1. The van der Waals surface area contributed by atoms with Crippen molar-refractivity contribution in [2.45, 2.75) is 90.1 Å². The van der Waals surface area contributed by atoms with E-state index in [1.54, 1.807) is 4.90 Å². The van der Waals surface area contributed by atoms with E-state index in [0.29, 0.717) is 11.0 Å². The Morgan fingerprint density at radius 3 is 2.19 bits per heavy atom. The number of amides is 1. The van der Waals surface area contributed by atoms with E-state index in [1.807, 2.05) is 51.1 Å². The second kappa shape index (κ2) is 11.2. The Morgan fingerprint density at radius 2 is 1.67 bits per heavy atom. The number of nitrogens with one attached hydrogen (secondary N) is 1. The molecule has 1 heterocycles. The number of halogens is 3. The quantitative estimate of drug-likeness (QED) is 0.371. The first-order valence-corrected chi connectivity index (χ1v) is 14.8. The molecule has 2 aromatic carbocycles. The van der Waals surface area contributed by atoms with Crippen molar-refractivity contribution in [3.63, 3.8) is 0 Å². The summed E-state index contributed by atoms with van der Waals surface area (Å²) in [4.78, 5) is 29.0. The summed E-state index contributed by atoms with van der Waals surface area (Å²) >= 11 is 0. The van der Waals surface area contributed by atoms with Gasteiger partial charge in [-0.25, -0.2) is 4.79 Å². The zero-order valence-corrected chi connectivity index (χ0v) is 24.7. The van der Waals surface area contributed by atoms with Gasteiger partial charge in [0, 0.05) is 30.0 Å². The first kappa shape index (κ1) is 30.4. The molecule has 1 amide bonds. The zero-order chi connectivity index (χ0) is 30.4. The molecule has 3 aliphatic rings. The number of aliphatic carboxylic acids is 1. The van der Waals surface area contributed by atoms with Gasteiger partial charge in [0.1, 0.15) is 11.8 Å². The van der Waals surface area contributed by atoms with Gasteiger partial charge in [-0.1, -0.05) is 57.2 Å². The molecule has 42 heavy (non-hydrogen) atoms. The van der Waals surface area contributed by atoms with Gasteiger partial charge in [0.25, 0.3) is 0 Å². The Hall–Kier alpha value is -3.07.